The maximum Gasteiger partial charge on any atom is 0.225 e. The number of carbonyl (C=O) groups excluding carboxylic acids is 2. The number of ether oxygens (including phenoxy) is 1. The molecule has 0 saturated carbocycles. The van der Waals surface area contributed by atoms with Gasteiger partial charge in [0, 0.05) is 44.6 Å². The summed E-state index contributed by atoms with van der Waals surface area (Å²) >= 11 is 0. The van der Waals surface area contributed by atoms with Gasteiger partial charge in [0.15, 0.2) is 0 Å². The summed E-state index contributed by atoms with van der Waals surface area (Å²) in [5.41, 5.74) is 3.61. The van der Waals surface area contributed by atoms with E-state index in [1.165, 1.54) is 24.1 Å². The quantitative estimate of drug-likeness (QED) is 0.789. The number of aryl methyl sites for hydroxylation is 2. The van der Waals surface area contributed by atoms with Crippen LogP contribution in [-0.4, -0.2) is 70.7 Å². The predicted molar refractivity (Wildman–Crippen MR) is 100 cm³/mol. The van der Waals surface area contributed by atoms with Crippen LogP contribution >= 0.6 is 0 Å². The van der Waals surface area contributed by atoms with Crippen LogP contribution in [0.25, 0.3) is 0 Å². The number of hydrogen-bond acceptors (Lipinski definition) is 4. The van der Waals surface area contributed by atoms with Gasteiger partial charge in [-0.25, -0.2) is 0 Å². The smallest absolute Gasteiger partial charge is 0.225 e. The third-order valence-electron chi connectivity index (χ3n) is 5.85. The van der Waals surface area contributed by atoms with Gasteiger partial charge in [-0.3, -0.25) is 14.7 Å². The molecule has 0 bridgehead atoms. The second-order valence-corrected chi connectivity index (χ2v) is 7.62. The van der Waals surface area contributed by atoms with Crippen LogP contribution in [0, 0.1) is 0 Å². The van der Waals surface area contributed by atoms with Crippen molar-refractivity contribution < 1.29 is 14.3 Å². The first-order valence-electron chi connectivity index (χ1n) is 10.1. The van der Waals surface area contributed by atoms with Crippen molar-refractivity contribution in [2.24, 2.45) is 0 Å². The number of nitrogens with zero attached hydrogens (tertiary/aromatic N) is 3. The monoisotopic (exact) mass is 372 g/mol. The standard InChI is InChI=1S/C20H28N4O3/c25-19(8-7-18-16-5-1-2-6-17(16)21-22-18)24-11-12-27-14-15(24)13-20(26)23-9-3-4-10-23/h3-4,15H,1-2,5-14H2,(H,21,22)/t15-/m0/s1. The summed E-state index contributed by atoms with van der Waals surface area (Å²) in [6.45, 7) is 2.89. The van der Waals surface area contributed by atoms with Gasteiger partial charge in [-0.1, -0.05) is 12.2 Å². The zero-order valence-electron chi connectivity index (χ0n) is 15.8. The molecule has 4 rings (SSSR count). The summed E-state index contributed by atoms with van der Waals surface area (Å²) in [5.74, 6) is 0.192. The molecule has 3 heterocycles. The predicted octanol–water partition coefficient (Wildman–Crippen LogP) is 1.24. The second kappa shape index (κ2) is 8.25. The van der Waals surface area contributed by atoms with E-state index in [9.17, 15) is 9.59 Å². The van der Waals surface area contributed by atoms with Gasteiger partial charge in [0.25, 0.3) is 0 Å². The second-order valence-electron chi connectivity index (χ2n) is 7.62. The maximum absolute atomic E-state index is 12.9. The fourth-order valence-electron chi connectivity index (χ4n) is 4.29. The molecular formula is C20H28N4O3. The lowest BCUT2D eigenvalue weighted by molar-refractivity contribution is -0.143. The average molecular weight is 372 g/mol. The molecule has 0 spiro atoms. The number of aromatic amines is 1. The zero-order chi connectivity index (χ0) is 18.6. The highest BCUT2D eigenvalue weighted by atomic mass is 16.5. The molecule has 1 aliphatic carbocycles. The number of carbonyl (C=O) groups is 2. The van der Waals surface area contributed by atoms with Gasteiger partial charge in [-0.2, -0.15) is 5.10 Å². The van der Waals surface area contributed by atoms with Crippen LogP contribution in [0.15, 0.2) is 12.2 Å². The first kappa shape index (κ1) is 18.2. The van der Waals surface area contributed by atoms with Crippen molar-refractivity contribution >= 4 is 11.8 Å². The molecule has 7 heteroatoms. The molecule has 146 valence electrons. The lowest BCUT2D eigenvalue weighted by Gasteiger charge is -2.36. The normalized spacial score (nSPS) is 22.1. The Morgan fingerprint density at radius 1 is 1.19 bits per heavy atom. The third-order valence-corrected chi connectivity index (χ3v) is 5.85. The van der Waals surface area contributed by atoms with E-state index in [1.807, 2.05) is 22.0 Å². The summed E-state index contributed by atoms with van der Waals surface area (Å²) in [6, 6.07) is -0.160. The summed E-state index contributed by atoms with van der Waals surface area (Å²) < 4.78 is 5.55. The van der Waals surface area contributed by atoms with Crippen molar-refractivity contribution in [2.75, 3.05) is 32.8 Å². The van der Waals surface area contributed by atoms with Gasteiger partial charge in [0.2, 0.25) is 11.8 Å². The summed E-state index contributed by atoms with van der Waals surface area (Å²) in [7, 11) is 0. The Bertz CT molecular complexity index is 719. The van der Waals surface area contributed by atoms with Gasteiger partial charge in [-0.15, -0.1) is 0 Å². The SMILES string of the molecule is O=C(C[C@H]1COCCN1C(=O)CCc1n[nH]c2c1CCCC2)N1CC=CC1. The summed E-state index contributed by atoms with van der Waals surface area (Å²) in [6.07, 6.45) is 9.99. The fraction of sp³-hybridized carbons (Fsp3) is 0.650. The maximum atomic E-state index is 12.9. The Hall–Kier alpha value is -2.15. The molecule has 27 heavy (non-hydrogen) atoms. The van der Waals surface area contributed by atoms with E-state index in [4.69, 9.17) is 4.74 Å². The number of hydrogen-bond donors (Lipinski definition) is 1. The first-order valence-corrected chi connectivity index (χ1v) is 10.1. The number of rotatable bonds is 5. The molecule has 1 atom stereocenters. The Morgan fingerprint density at radius 3 is 2.85 bits per heavy atom. The van der Waals surface area contributed by atoms with E-state index < -0.39 is 0 Å². The molecule has 0 unspecified atom stereocenters. The van der Waals surface area contributed by atoms with Crippen LogP contribution in [0.5, 0.6) is 0 Å². The van der Waals surface area contributed by atoms with Crippen LogP contribution < -0.4 is 0 Å². The minimum atomic E-state index is -0.160. The minimum absolute atomic E-state index is 0.0923. The van der Waals surface area contributed by atoms with E-state index in [0.29, 0.717) is 52.1 Å². The molecule has 2 amide bonds. The highest BCUT2D eigenvalue weighted by Gasteiger charge is 2.31. The summed E-state index contributed by atoms with van der Waals surface area (Å²) in [5, 5.41) is 7.59. The van der Waals surface area contributed by atoms with Gasteiger partial charge in [0.05, 0.1) is 24.9 Å². The molecule has 1 fully saturated rings. The fourth-order valence-corrected chi connectivity index (χ4v) is 4.29. The highest BCUT2D eigenvalue weighted by molar-refractivity contribution is 5.80. The number of H-pyrrole nitrogens is 1. The van der Waals surface area contributed by atoms with E-state index in [0.717, 1.165) is 18.5 Å². The van der Waals surface area contributed by atoms with Crippen LogP contribution in [0.4, 0.5) is 0 Å². The van der Waals surface area contributed by atoms with Gasteiger partial charge >= 0.3 is 0 Å². The first-order chi connectivity index (χ1) is 13.2. The highest BCUT2D eigenvalue weighted by Crippen LogP contribution is 2.23. The number of fused-ring (bicyclic) bond motifs is 1. The molecule has 1 aromatic rings. The van der Waals surface area contributed by atoms with Crippen molar-refractivity contribution in [3.05, 3.63) is 29.1 Å². The molecule has 0 aromatic carbocycles. The number of aromatic nitrogens is 2. The lowest BCUT2D eigenvalue weighted by atomic mass is 9.94. The zero-order valence-corrected chi connectivity index (χ0v) is 15.8. The average Bonchev–Trinajstić information content (AvgIpc) is 3.37. The molecule has 3 aliphatic rings. The molecule has 1 saturated heterocycles. The molecular weight excluding hydrogens is 344 g/mol. The minimum Gasteiger partial charge on any atom is -0.377 e. The van der Waals surface area contributed by atoms with Crippen LogP contribution in [0.1, 0.15) is 42.6 Å². The third kappa shape index (κ3) is 4.08. The number of nitrogens with one attached hydrogen (secondary N) is 1. The van der Waals surface area contributed by atoms with E-state index in [-0.39, 0.29) is 17.9 Å². The lowest BCUT2D eigenvalue weighted by Crippen LogP contribution is -2.50. The van der Waals surface area contributed by atoms with Crippen LogP contribution in [0.3, 0.4) is 0 Å². The Balaban J connectivity index is 1.34. The molecule has 0 radical (unpaired) electrons. The van der Waals surface area contributed by atoms with Crippen molar-refractivity contribution in [3.8, 4) is 0 Å². The van der Waals surface area contributed by atoms with Crippen molar-refractivity contribution in [2.45, 2.75) is 51.0 Å². The summed E-state index contributed by atoms with van der Waals surface area (Å²) in [4.78, 5) is 29.0. The Kier molecular flexibility index (Phi) is 5.57. The van der Waals surface area contributed by atoms with Crippen LogP contribution in [0.2, 0.25) is 0 Å². The number of amides is 2. The molecule has 2 aliphatic heterocycles. The molecule has 1 N–H and O–H groups in total. The Morgan fingerprint density at radius 2 is 2.00 bits per heavy atom. The van der Waals surface area contributed by atoms with Gasteiger partial charge < -0.3 is 14.5 Å². The number of morpholine rings is 1. The van der Waals surface area contributed by atoms with Gasteiger partial charge in [0.1, 0.15) is 0 Å². The van der Waals surface area contributed by atoms with Crippen molar-refractivity contribution in [1.29, 1.82) is 0 Å². The Labute approximate surface area is 159 Å². The van der Waals surface area contributed by atoms with Crippen molar-refractivity contribution in [3.63, 3.8) is 0 Å². The topological polar surface area (TPSA) is 78.5 Å². The van der Waals surface area contributed by atoms with Crippen molar-refractivity contribution in [1.82, 2.24) is 20.0 Å². The molecule has 7 nitrogen and oxygen atoms in total. The molecule has 1 aromatic heterocycles. The van der Waals surface area contributed by atoms with E-state index in [1.54, 1.807) is 0 Å². The largest absolute Gasteiger partial charge is 0.377 e. The van der Waals surface area contributed by atoms with E-state index in [2.05, 4.69) is 10.2 Å². The van der Waals surface area contributed by atoms with E-state index >= 15 is 0 Å². The van der Waals surface area contributed by atoms with Crippen LogP contribution in [-0.2, 0) is 33.6 Å². The van der Waals surface area contributed by atoms with Gasteiger partial charge in [-0.05, 0) is 31.2 Å².